The standard InChI is InChI=1S/C35H29NO6/c1-22(37)24-3-7-26(8-4-24)28-11-15-31(16-12-28)41-34(39)30-19-20-36-33(21-30)35(40)42-32-17-13-29(14-18-32)27-9-5-25(6-10-27)23(2)38/h3-23,37-38H,1-2H3. The molecular weight excluding hydrogens is 530 g/mol. The fourth-order valence-electron chi connectivity index (χ4n) is 4.33. The van der Waals surface area contributed by atoms with Gasteiger partial charge in [0.1, 0.15) is 17.2 Å². The summed E-state index contributed by atoms with van der Waals surface area (Å²) >= 11 is 0. The second-order valence-corrected chi connectivity index (χ2v) is 9.85. The highest BCUT2D eigenvalue weighted by Gasteiger charge is 2.16. The zero-order chi connectivity index (χ0) is 29.6. The molecule has 0 aliphatic heterocycles. The van der Waals surface area contributed by atoms with Gasteiger partial charge in [-0.3, -0.25) is 0 Å². The summed E-state index contributed by atoms with van der Waals surface area (Å²) in [7, 11) is 0. The molecule has 7 nitrogen and oxygen atoms in total. The highest BCUT2D eigenvalue weighted by molar-refractivity contribution is 5.95. The Balaban J connectivity index is 1.21. The summed E-state index contributed by atoms with van der Waals surface area (Å²) in [5.74, 6) is -0.651. The third kappa shape index (κ3) is 6.78. The monoisotopic (exact) mass is 559 g/mol. The van der Waals surface area contributed by atoms with E-state index in [1.54, 1.807) is 38.1 Å². The molecule has 0 saturated heterocycles. The normalized spacial score (nSPS) is 12.3. The predicted molar refractivity (Wildman–Crippen MR) is 159 cm³/mol. The molecule has 2 atom stereocenters. The molecule has 2 unspecified atom stereocenters. The number of aliphatic hydroxyl groups is 2. The summed E-state index contributed by atoms with van der Waals surface area (Å²) in [6.07, 6.45) is 0.288. The molecule has 210 valence electrons. The highest BCUT2D eigenvalue weighted by Crippen LogP contribution is 2.26. The Hall–Kier alpha value is -5.11. The molecule has 4 aromatic carbocycles. The summed E-state index contributed by atoms with van der Waals surface area (Å²) < 4.78 is 11.0. The van der Waals surface area contributed by atoms with E-state index in [1.165, 1.54) is 18.3 Å². The van der Waals surface area contributed by atoms with E-state index in [-0.39, 0.29) is 11.3 Å². The maximum Gasteiger partial charge on any atom is 0.362 e. The number of aromatic nitrogens is 1. The fourth-order valence-corrected chi connectivity index (χ4v) is 4.33. The van der Waals surface area contributed by atoms with Crippen LogP contribution in [-0.4, -0.2) is 27.1 Å². The van der Waals surface area contributed by atoms with E-state index in [9.17, 15) is 19.8 Å². The van der Waals surface area contributed by atoms with E-state index in [0.717, 1.165) is 33.4 Å². The van der Waals surface area contributed by atoms with Crippen LogP contribution in [-0.2, 0) is 0 Å². The molecule has 1 aromatic heterocycles. The Labute approximate surface area is 243 Å². The topological polar surface area (TPSA) is 106 Å². The largest absolute Gasteiger partial charge is 0.423 e. The Bertz CT molecular complexity index is 1550. The lowest BCUT2D eigenvalue weighted by Gasteiger charge is -2.09. The van der Waals surface area contributed by atoms with Crippen molar-refractivity contribution in [3.63, 3.8) is 0 Å². The molecule has 0 saturated carbocycles. The maximum absolute atomic E-state index is 12.8. The number of pyridine rings is 1. The van der Waals surface area contributed by atoms with E-state index in [0.29, 0.717) is 11.5 Å². The first-order valence-corrected chi connectivity index (χ1v) is 13.4. The number of rotatable bonds is 8. The van der Waals surface area contributed by atoms with Crippen molar-refractivity contribution < 1.29 is 29.3 Å². The minimum atomic E-state index is -0.704. The number of carbonyl (C=O) groups excluding carboxylic acids is 2. The van der Waals surface area contributed by atoms with Crippen molar-refractivity contribution >= 4 is 11.9 Å². The van der Waals surface area contributed by atoms with Crippen LogP contribution in [0.5, 0.6) is 11.5 Å². The van der Waals surface area contributed by atoms with Gasteiger partial charge in [0.05, 0.1) is 17.8 Å². The Morgan fingerprint density at radius 2 is 0.952 bits per heavy atom. The molecule has 2 N–H and O–H groups in total. The quantitative estimate of drug-likeness (QED) is 0.156. The van der Waals surface area contributed by atoms with Crippen molar-refractivity contribution in [1.29, 1.82) is 0 Å². The van der Waals surface area contributed by atoms with E-state index >= 15 is 0 Å². The molecule has 7 heteroatoms. The molecule has 5 aromatic rings. The van der Waals surface area contributed by atoms with Gasteiger partial charge in [0.2, 0.25) is 0 Å². The molecule has 42 heavy (non-hydrogen) atoms. The zero-order valence-corrected chi connectivity index (χ0v) is 23.1. The van der Waals surface area contributed by atoms with Crippen LogP contribution in [0.15, 0.2) is 115 Å². The lowest BCUT2D eigenvalue weighted by molar-refractivity contribution is 0.0728. The number of benzene rings is 4. The molecule has 0 radical (unpaired) electrons. The minimum absolute atomic E-state index is 0.0294. The van der Waals surface area contributed by atoms with Crippen LogP contribution < -0.4 is 9.47 Å². The van der Waals surface area contributed by atoms with Crippen molar-refractivity contribution in [3.8, 4) is 33.8 Å². The van der Waals surface area contributed by atoms with Crippen molar-refractivity contribution in [2.45, 2.75) is 26.1 Å². The molecule has 0 aliphatic carbocycles. The van der Waals surface area contributed by atoms with E-state index in [4.69, 9.17) is 9.47 Å². The van der Waals surface area contributed by atoms with Crippen LogP contribution in [0.3, 0.4) is 0 Å². The third-order valence-electron chi connectivity index (χ3n) is 6.79. The molecular formula is C35H29NO6. The second kappa shape index (κ2) is 12.6. The second-order valence-electron chi connectivity index (χ2n) is 9.85. The maximum atomic E-state index is 12.8. The molecule has 0 amide bonds. The minimum Gasteiger partial charge on any atom is -0.423 e. The first-order chi connectivity index (χ1) is 20.3. The molecule has 0 aliphatic rings. The number of esters is 2. The molecule has 5 rings (SSSR count). The van der Waals surface area contributed by atoms with E-state index in [2.05, 4.69) is 4.98 Å². The number of hydrogen-bond donors (Lipinski definition) is 2. The fraction of sp³-hybridized carbons (Fsp3) is 0.114. The number of hydrogen-bond acceptors (Lipinski definition) is 7. The van der Waals surface area contributed by atoms with Gasteiger partial charge in [-0.25, -0.2) is 14.6 Å². The zero-order valence-electron chi connectivity index (χ0n) is 23.1. The SMILES string of the molecule is CC(O)c1ccc(-c2ccc(OC(=O)c3ccnc(C(=O)Oc4ccc(-c5ccc(C(C)O)cc5)cc4)c3)cc2)cc1. The molecule has 0 spiro atoms. The van der Waals surface area contributed by atoms with Crippen molar-refractivity contribution in [3.05, 3.63) is 138 Å². The van der Waals surface area contributed by atoms with Gasteiger partial charge in [0.25, 0.3) is 0 Å². The average molecular weight is 560 g/mol. The van der Waals surface area contributed by atoms with Gasteiger partial charge in [0, 0.05) is 6.20 Å². The summed E-state index contributed by atoms with van der Waals surface area (Å²) in [4.78, 5) is 29.6. The van der Waals surface area contributed by atoms with E-state index in [1.807, 2.05) is 72.8 Å². The number of nitrogens with zero attached hydrogens (tertiary/aromatic N) is 1. The molecule has 0 bridgehead atoms. The van der Waals surface area contributed by atoms with Crippen LogP contribution in [0.25, 0.3) is 22.3 Å². The Morgan fingerprint density at radius 3 is 1.36 bits per heavy atom. The van der Waals surface area contributed by atoms with Crippen molar-refractivity contribution in [2.24, 2.45) is 0 Å². The number of carbonyl (C=O) groups is 2. The lowest BCUT2D eigenvalue weighted by Crippen LogP contribution is -2.14. The van der Waals surface area contributed by atoms with Gasteiger partial charge in [-0.05, 0) is 83.6 Å². The molecule has 0 fully saturated rings. The van der Waals surface area contributed by atoms with Crippen LogP contribution in [0, 0.1) is 0 Å². The van der Waals surface area contributed by atoms with Gasteiger partial charge in [-0.2, -0.15) is 0 Å². The highest BCUT2D eigenvalue weighted by atomic mass is 16.5. The van der Waals surface area contributed by atoms with Crippen molar-refractivity contribution in [2.75, 3.05) is 0 Å². The van der Waals surface area contributed by atoms with Crippen LogP contribution in [0.1, 0.15) is 58.0 Å². The van der Waals surface area contributed by atoms with Gasteiger partial charge < -0.3 is 19.7 Å². The Morgan fingerprint density at radius 1 is 0.571 bits per heavy atom. The van der Waals surface area contributed by atoms with Crippen LogP contribution in [0.4, 0.5) is 0 Å². The third-order valence-corrected chi connectivity index (χ3v) is 6.79. The van der Waals surface area contributed by atoms with Crippen LogP contribution in [0.2, 0.25) is 0 Å². The van der Waals surface area contributed by atoms with Crippen LogP contribution >= 0.6 is 0 Å². The number of ether oxygens (including phenoxy) is 2. The number of aliphatic hydroxyl groups excluding tert-OH is 2. The van der Waals surface area contributed by atoms with Crippen molar-refractivity contribution in [1.82, 2.24) is 4.98 Å². The first kappa shape index (κ1) is 28.4. The predicted octanol–water partition coefficient (Wildman–Crippen LogP) is 6.96. The summed E-state index contributed by atoms with van der Waals surface area (Å²) in [6, 6.07) is 32.0. The average Bonchev–Trinajstić information content (AvgIpc) is 3.02. The summed E-state index contributed by atoms with van der Waals surface area (Å²) in [6.45, 7) is 3.43. The summed E-state index contributed by atoms with van der Waals surface area (Å²) in [5, 5.41) is 19.4. The summed E-state index contributed by atoms with van der Waals surface area (Å²) in [5.41, 5.74) is 5.59. The van der Waals surface area contributed by atoms with E-state index < -0.39 is 24.1 Å². The van der Waals surface area contributed by atoms with Gasteiger partial charge in [-0.15, -0.1) is 0 Å². The Kier molecular flexibility index (Phi) is 8.52. The van der Waals surface area contributed by atoms with Gasteiger partial charge in [0.15, 0.2) is 0 Å². The lowest BCUT2D eigenvalue weighted by atomic mass is 10.0. The molecule has 1 heterocycles. The van der Waals surface area contributed by atoms with Gasteiger partial charge in [-0.1, -0.05) is 72.8 Å². The smallest absolute Gasteiger partial charge is 0.362 e. The van der Waals surface area contributed by atoms with Gasteiger partial charge >= 0.3 is 11.9 Å². The first-order valence-electron chi connectivity index (χ1n) is 13.4.